The lowest BCUT2D eigenvalue weighted by atomic mass is 9.97. The second-order valence-electron chi connectivity index (χ2n) is 8.08. The highest BCUT2D eigenvalue weighted by atomic mass is 32.2. The van der Waals surface area contributed by atoms with Crippen LogP contribution in [0.1, 0.15) is 20.3 Å². The Kier molecular flexibility index (Phi) is 5.08. The highest BCUT2D eigenvalue weighted by Crippen LogP contribution is 2.28. The van der Waals surface area contributed by atoms with Crippen molar-refractivity contribution >= 4 is 32.6 Å². The number of rotatable bonds is 4. The predicted octanol–water partition coefficient (Wildman–Crippen LogP) is 1.59. The molecule has 2 heterocycles. The molecule has 2 aromatic carbocycles. The van der Waals surface area contributed by atoms with E-state index in [9.17, 15) is 18.0 Å². The number of nitrogens with zero attached hydrogens (tertiary/aromatic N) is 2. The molecular formula is C21H25N3O4S. The first-order valence-corrected chi connectivity index (χ1v) is 11.3. The van der Waals surface area contributed by atoms with Gasteiger partial charge in [-0.1, -0.05) is 50.2 Å². The van der Waals surface area contributed by atoms with Crippen LogP contribution in [0.3, 0.4) is 0 Å². The van der Waals surface area contributed by atoms with E-state index in [0.29, 0.717) is 11.8 Å². The number of amides is 2. The molecule has 0 unspecified atom stereocenters. The van der Waals surface area contributed by atoms with Gasteiger partial charge in [0.15, 0.2) is 0 Å². The van der Waals surface area contributed by atoms with Crippen molar-refractivity contribution in [2.75, 3.05) is 19.6 Å². The van der Waals surface area contributed by atoms with Crippen LogP contribution in [-0.2, 0) is 19.6 Å². The van der Waals surface area contributed by atoms with Crippen molar-refractivity contribution in [2.45, 2.75) is 37.2 Å². The Balaban J connectivity index is 1.61. The molecule has 1 N–H and O–H groups in total. The van der Waals surface area contributed by atoms with Crippen LogP contribution in [0.4, 0.5) is 0 Å². The van der Waals surface area contributed by atoms with Gasteiger partial charge in [0.1, 0.15) is 12.1 Å². The van der Waals surface area contributed by atoms with Crippen LogP contribution in [0.25, 0.3) is 10.8 Å². The molecule has 4 rings (SSSR count). The number of carbonyl (C=O) groups is 2. The molecule has 2 aliphatic heterocycles. The molecule has 0 aromatic heterocycles. The molecule has 2 aliphatic rings. The first kappa shape index (κ1) is 19.8. The van der Waals surface area contributed by atoms with Gasteiger partial charge in [-0.15, -0.1) is 0 Å². The van der Waals surface area contributed by atoms with Gasteiger partial charge >= 0.3 is 0 Å². The third-order valence-corrected chi connectivity index (χ3v) is 7.54. The van der Waals surface area contributed by atoms with Crippen molar-refractivity contribution in [1.29, 1.82) is 0 Å². The Labute approximate surface area is 170 Å². The molecule has 2 amide bonds. The molecule has 7 nitrogen and oxygen atoms in total. The zero-order chi connectivity index (χ0) is 20.8. The Hall–Kier alpha value is -2.45. The van der Waals surface area contributed by atoms with E-state index in [1.807, 2.05) is 32.0 Å². The molecule has 0 aliphatic carbocycles. The average Bonchev–Trinajstić information content (AvgIpc) is 2.70. The molecule has 0 spiro atoms. The van der Waals surface area contributed by atoms with Crippen molar-refractivity contribution in [3.05, 3.63) is 42.5 Å². The summed E-state index contributed by atoms with van der Waals surface area (Å²) in [6.07, 6.45) is 0.575. The van der Waals surface area contributed by atoms with Crippen LogP contribution in [0, 0.1) is 5.92 Å². The largest absolute Gasteiger partial charge is 0.342 e. The number of piperazine rings is 2. The zero-order valence-electron chi connectivity index (χ0n) is 16.5. The smallest absolute Gasteiger partial charge is 0.245 e. The summed E-state index contributed by atoms with van der Waals surface area (Å²) < 4.78 is 28.1. The van der Waals surface area contributed by atoms with Crippen molar-refractivity contribution in [2.24, 2.45) is 5.92 Å². The standard InChI is InChI=1S/C21H25N3O4S/c1-14(2)12-17-21(26)24-11-10-23(13-18(24)20(25)22-17)29(27,28)19-9-5-7-15-6-3-4-8-16(15)19/h3-9,14,17-18H,10-13H2,1-2H3,(H,22,25)/t17-,18+/m0/s1. The van der Waals surface area contributed by atoms with Crippen LogP contribution in [0.15, 0.2) is 47.4 Å². The number of benzene rings is 2. The van der Waals surface area contributed by atoms with E-state index in [1.165, 1.54) is 4.31 Å². The number of fused-ring (bicyclic) bond motifs is 2. The van der Waals surface area contributed by atoms with Gasteiger partial charge in [0.05, 0.1) is 4.90 Å². The molecule has 2 aromatic rings. The molecule has 8 heteroatoms. The number of sulfonamides is 1. The first-order valence-electron chi connectivity index (χ1n) is 9.88. The van der Waals surface area contributed by atoms with Gasteiger partial charge in [0.2, 0.25) is 21.8 Å². The van der Waals surface area contributed by atoms with Gasteiger partial charge < -0.3 is 10.2 Å². The van der Waals surface area contributed by atoms with Crippen LogP contribution in [-0.4, -0.2) is 61.2 Å². The quantitative estimate of drug-likeness (QED) is 0.822. The number of nitrogens with one attached hydrogen (secondary N) is 1. The maximum absolute atomic E-state index is 13.4. The predicted molar refractivity (Wildman–Crippen MR) is 110 cm³/mol. The van der Waals surface area contributed by atoms with Gasteiger partial charge in [0, 0.05) is 25.0 Å². The lowest BCUT2D eigenvalue weighted by molar-refractivity contribution is -0.152. The van der Waals surface area contributed by atoms with Gasteiger partial charge in [-0.05, 0) is 23.8 Å². The van der Waals surface area contributed by atoms with E-state index in [0.717, 1.165) is 5.39 Å². The minimum absolute atomic E-state index is 0.0302. The highest BCUT2D eigenvalue weighted by Gasteiger charge is 2.45. The fourth-order valence-corrected chi connectivity index (χ4v) is 5.84. The summed E-state index contributed by atoms with van der Waals surface area (Å²) in [7, 11) is -3.80. The maximum atomic E-state index is 13.4. The number of carbonyl (C=O) groups excluding carboxylic acids is 2. The Morgan fingerprint density at radius 1 is 1.07 bits per heavy atom. The molecule has 0 radical (unpaired) electrons. The molecular weight excluding hydrogens is 390 g/mol. The van der Waals surface area contributed by atoms with Crippen LogP contribution in [0.2, 0.25) is 0 Å². The molecule has 0 saturated carbocycles. The van der Waals surface area contributed by atoms with Crippen molar-refractivity contribution in [1.82, 2.24) is 14.5 Å². The van der Waals surface area contributed by atoms with E-state index in [2.05, 4.69) is 5.32 Å². The third-order valence-electron chi connectivity index (χ3n) is 5.62. The minimum atomic E-state index is -3.80. The lowest BCUT2D eigenvalue weighted by Gasteiger charge is -2.45. The zero-order valence-corrected chi connectivity index (χ0v) is 17.4. The van der Waals surface area contributed by atoms with Crippen molar-refractivity contribution < 1.29 is 18.0 Å². The highest BCUT2D eigenvalue weighted by molar-refractivity contribution is 7.89. The maximum Gasteiger partial charge on any atom is 0.245 e. The minimum Gasteiger partial charge on any atom is -0.342 e. The Morgan fingerprint density at radius 2 is 1.79 bits per heavy atom. The number of hydrogen-bond donors (Lipinski definition) is 1. The normalized spacial score (nSPS) is 23.3. The fourth-order valence-electron chi connectivity index (χ4n) is 4.19. The van der Waals surface area contributed by atoms with E-state index in [-0.39, 0.29) is 42.3 Å². The summed E-state index contributed by atoms with van der Waals surface area (Å²) in [5, 5.41) is 4.28. The summed E-state index contributed by atoms with van der Waals surface area (Å²) in [6, 6.07) is 11.2. The number of hydrogen-bond acceptors (Lipinski definition) is 4. The van der Waals surface area contributed by atoms with E-state index < -0.39 is 22.1 Å². The van der Waals surface area contributed by atoms with Gasteiger partial charge in [-0.2, -0.15) is 4.31 Å². The van der Waals surface area contributed by atoms with E-state index in [1.54, 1.807) is 29.2 Å². The fraction of sp³-hybridized carbons (Fsp3) is 0.429. The summed E-state index contributed by atoms with van der Waals surface area (Å²) in [5.74, 6) is -0.132. The summed E-state index contributed by atoms with van der Waals surface area (Å²) in [4.78, 5) is 27.2. The van der Waals surface area contributed by atoms with Crippen molar-refractivity contribution in [3.63, 3.8) is 0 Å². The van der Waals surface area contributed by atoms with Gasteiger partial charge in [-0.3, -0.25) is 9.59 Å². The molecule has 154 valence electrons. The topological polar surface area (TPSA) is 86.8 Å². The van der Waals surface area contributed by atoms with Crippen molar-refractivity contribution in [3.8, 4) is 0 Å². The molecule has 29 heavy (non-hydrogen) atoms. The molecule has 2 saturated heterocycles. The van der Waals surface area contributed by atoms with Gasteiger partial charge in [0.25, 0.3) is 0 Å². The SMILES string of the molecule is CC(C)C[C@@H]1NC(=O)[C@H]2CN(S(=O)(=O)c3cccc4ccccc34)CCN2C1=O. The second-order valence-corrected chi connectivity index (χ2v) is 9.98. The second kappa shape index (κ2) is 7.42. The summed E-state index contributed by atoms with van der Waals surface area (Å²) in [6.45, 7) is 4.36. The van der Waals surface area contributed by atoms with Crippen LogP contribution < -0.4 is 5.32 Å². The van der Waals surface area contributed by atoms with Crippen LogP contribution in [0.5, 0.6) is 0 Å². The monoisotopic (exact) mass is 415 g/mol. The average molecular weight is 416 g/mol. The lowest BCUT2D eigenvalue weighted by Crippen LogP contribution is -2.69. The third kappa shape index (κ3) is 3.51. The Morgan fingerprint density at radius 3 is 2.55 bits per heavy atom. The first-order chi connectivity index (χ1) is 13.8. The van der Waals surface area contributed by atoms with Crippen LogP contribution >= 0.6 is 0 Å². The molecule has 2 fully saturated rings. The summed E-state index contributed by atoms with van der Waals surface area (Å²) in [5.41, 5.74) is 0. The summed E-state index contributed by atoms with van der Waals surface area (Å²) >= 11 is 0. The van der Waals surface area contributed by atoms with E-state index in [4.69, 9.17) is 0 Å². The van der Waals surface area contributed by atoms with Gasteiger partial charge in [-0.25, -0.2) is 8.42 Å². The molecule has 2 atom stereocenters. The molecule has 0 bridgehead atoms. The Bertz CT molecular complexity index is 1060. The van der Waals surface area contributed by atoms with E-state index >= 15 is 0 Å².